The molecule has 1 aromatic rings. The second kappa shape index (κ2) is 6.74. The lowest BCUT2D eigenvalue weighted by Gasteiger charge is -2.15. The van der Waals surface area contributed by atoms with Crippen LogP contribution < -0.4 is 5.32 Å². The number of aromatic carboxylic acids is 1. The smallest absolute Gasteiger partial charge is 0.337 e. The second-order valence-electron chi connectivity index (χ2n) is 3.76. The predicted molar refractivity (Wildman–Crippen MR) is 66.8 cm³/mol. The fourth-order valence-electron chi connectivity index (χ4n) is 1.33. The lowest BCUT2D eigenvalue weighted by atomic mass is 10.1. The number of rotatable bonds is 6. The average Bonchev–Trinajstić information content (AvgIpc) is 2.43. The zero-order chi connectivity index (χ0) is 14.4. The summed E-state index contributed by atoms with van der Waals surface area (Å²) in [5.74, 6) is -1.77. The molecule has 2 atom stereocenters. The van der Waals surface area contributed by atoms with E-state index in [1.807, 2.05) is 0 Å². The van der Waals surface area contributed by atoms with E-state index in [0.29, 0.717) is 0 Å². The molecule has 0 radical (unpaired) electrons. The molecule has 0 bridgehead atoms. The topological polar surface area (TPSA) is 130 Å². The van der Waals surface area contributed by atoms with Gasteiger partial charge in [0.25, 0.3) is 0 Å². The van der Waals surface area contributed by atoms with Gasteiger partial charge in [-0.2, -0.15) is 0 Å². The van der Waals surface area contributed by atoms with Gasteiger partial charge in [0.1, 0.15) is 18.0 Å². The van der Waals surface area contributed by atoms with E-state index in [0.717, 1.165) is 6.20 Å². The number of hydrogen-bond donors (Lipinski definition) is 6. The van der Waals surface area contributed by atoms with Crippen molar-refractivity contribution in [2.24, 2.45) is 0 Å². The van der Waals surface area contributed by atoms with E-state index in [4.69, 9.17) is 15.3 Å². The molecule has 0 aromatic heterocycles. The second-order valence-corrected chi connectivity index (χ2v) is 3.76. The Labute approximate surface area is 109 Å². The molecule has 7 nitrogen and oxygen atoms in total. The average molecular weight is 269 g/mol. The van der Waals surface area contributed by atoms with Crippen molar-refractivity contribution in [2.75, 3.05) is 11.9 Å². The van der Waals surface area contributed by atoms with E-state index in [2.05, 4.69) is 5.32 Å². The maximum Gasteiger partial charge on any atom is 0.337 e. The first-order chi connectivity index (χ1) is 8.97. The highest BCUT2D eigenvalue weighted by Crippen LogP contribution is 2.15. The van der Waals surface area contributed by atoms with Gasteiger partial charge in [-0.15, -0.1) is 0 Å². The summed E-state index contributed by atoms with van der Waals surface area (Å²) in [7, 11) is 0. The highest BCUT2D eigenvalue weighted by molar-refractivity contribution is 5.94. The normalized spacial score (nSPS) is 14.8. The fourth-order valence-corrected chi connectivity index (χ4v) is 1.33. The lowest BCUT2D eigenvalue weighted by molar-refractivity contribution is -0.0134. The van der Waals surface area contributed by atoms with Gasteiger partial charge in [-0.25, -0.2) is 4.79 Å². The molecule has 1 aromatic carbocycles. The van der Waals surface area contributed by atoms with E-state index in [9.17, 15) is 15.0 Å². The van der Waals surface area contributed by atoms with Gasteiger partial charge in [0.2, 0.25) is 0 Å². The quantitative estimate of drug-likeness (QED) is 0.398. The molecule has 0 aliphatic rings. The molecule has 0 saturated heterocycles. The fraction of sp³-hybridized carbons (Fsp3) is 0.250. The molecule has 0 amide bonds. The molecule has 2 unspecified atom stereocenters. The zero-order valence-electron chi connectivity index (χ0n) is 9.89. The number of hydrogen-bond acceptors (Lipinski definition) is 6. The molecule has 6 N–H and O–H groups in total. The van der Waals surface area contributed by atoms with Crippen LogP contribution in [-0.2, 0) is 0 Å². The van der Waals surface area contributed by atoms with Gasteiger partial charge in [-0.3, -0.25) is 0 Å². The Morgan fingerprint density at radius 3 is 2.47 bits per heavy atom. The van der Waals surface area contributed by atoms with Crippen LogP contribution >= 0.6 is 0 Å². The van der Waals surface area contributed by atoms with Gasteiger partial charge in [-0.05, 0) is 12.1 Å². The SMILES string of the molecule is O=C(O)c1ccccc1NC=C(O)C(O)C(O)CO. The van der Waals surface area contributed by atoms with Crippen molar-refractivity contribution in [2.45, 2.75) is 12.2 Å². The summed E-state index contributed by atoms with van der Waals surface area (Å²) < 4.78 is 0. The molecule has 0 aliphatic carbocycles. The van der Waals surface area contributed by atoms with Crippen LogP contribution in [0.15, 0.2) is 36.2 Å². The third-order valence-corrected chi connectivity index (χ3v) is 2.39. The Morgan fingerprint density at radius 2 is 1.89 bits per heavy atom. The van der Waals surface area contributed by atoms with E-state index >= 15 is 0 Å². The lowest BCUT2D eigenvalue weighted by Crippen LogP contribution is -2.31. The minimum atomic E-state index is -1.66. The van der Waals surface area contributed by atoms with Crippen LogP contribution in [0.2, 0.25) is 0 Å². The summed E-state index contributed by atoms with van der Waals surface area (Å²) in [5, 5.41) is 48.0. The third-order valence-electron chi connectivity index (χ3n) is 2.39. The summed E-state index contributed by atoms with van der Waals surface area (Å²) in [6.45, 7) is -0.717. The molecular weight excluding hydrogens is 254 g/mol. The Kier molecular flexibility index (Phi) is 5.31. The maximum atomic E-state index is 10.9. The summed E-state index contributed by atoms with van der Waals surface area (Å²) in [6, 6.07) is 5.98. The molecule has 7 heteroatoms. The summed E-state index contributed by atoms with van der Waals surface area (Å²) in [5.41, 5.74) is 0.205. The number of carboxylic acid groups (broad SMARTS) is 1. The standard InChI is InChI=1S/C12H15NO6/c14-6-10(16)11(17)9(15)5-13-8-4-2-1-3-7(8)12(18)19/h1-5,10-11,13-17H,6H2,(H,18,19). The van der Waals surface area contributed by atoms with E-state index in [1.165, 1.54) is 12.1 Å². The van der Waals surface area contributed by atoms with E-state index in [-0.39, 0.29) is 11.3 Å². The largest absolute Gasteiger partial charge is 0.508 e. The molecule has 0 fully saturated rings. The number of aliphatic hydroxyl groups excluding tert-OH is 4. The van der Waals surface area contributed by atoms with Gasteiger partial charge in [0.15, 0.2) is 0 Å². The highest BCUT2D eigenvalue weighted by atomic mass is 16.4. The van der Waals surface area contributed by atoms with Crippen LogP contribution in [0.3, 0.4) is 0 Å². The van der Waals surface area contributed by atoms with Gasteiger partial charge >= 0.3 is 5.97 Å². The first kappa shape index (κ1) is 15.0. The van der Waals surface area contributed by atoms with Crippen molar-refractivity contribution in [1.29, 1.82) is 0 Å². The number of aliphatic hydroxyl groups is 4. The van der Waals surface area contributed by atoms with Crippen molar-refractivity contribution in [3.63, 3.8) is 0 Å². The molecule has 0 saturated carbocycles. The summed E-state index contributed by atoms with van der Waals surface area (Å²) in [6.07, 6.45) is -2.23. The summed E-state index contributed by atoms with van der Waals surface area (Å²) in [4.78, 5) is 10.9. The van der Waals surface area contributed by atoms with Gasteiger partial charge in [-0.1, -0.05) is 12.1 Å². The Bertz CT molecular complexity index is 473. The molecule has 1 rings (SSSR count). The predicted octanol–water partition coefficient (Wildman–Crippen LogP) is -0.0898. The van der Waals surface area contributed by atoms with Crippen molar-refractivity contribution in [3.8, 4) is 0 Å². The van der Waals surface area contributed by atoms with Crippen LogP contribution in [0, 0.1) is 0 Å². The van der Waals surface area contributed by atoms with Crippen LogP contribution in [0.4, 0.5) is 5.69 Å². The minimum absolute atomic E-state index is 0.0104. The highest BCUT2D eigenvalue weighted by Gasteiger charge is 2.19. The van der Waals surface area contributed by atoms with Crippen molar-refractivity contribution in [3.05, 3.63) is 41.8 Å². The minimum Gasteiger partial charge on any atom is -0.508 e. The summed E-state index contributed by atoms with van der Waals surface area (Å²) >= 11 is 0. The number of carbonyl (C=O) groups is 1. The molecular formula is C12H15NO6. The number of para-hydroxylation sites is 1. The first-order valence-electron chi connectivity index (χ1n) is 5.42. The van der Waals surface area contributed by atoms with Gasteiger partial charge < -0.3 is 30.8 Å². The van der Waals surface area contributed by atoms with E-state index < -0.39 is 30.5 Å². The van der Waals surface area contributed by atoms with Crippen molar-refractivity contribution < 1.29 is 30.3 Å². The number of benzene rings is 1. The van der Waals surface area contributed by atoms with Gasteiger partial charge in [0.05, 0.1) is 17.9 Å². The number of anilines is 1. The first-order valence-corrected chi connectivity index (χ1v) is 5.42. The van der Waals surface area contributed by atoms with Crippen LogP contribution in [0.25, 0.3) is 0 Å². The van der Waals surface area contributed by atoms with Crippen LogP contribution in [-0.4, -0.2) is 50.3 Å². The van der Waals surface area contributed by atoms with Crippen LogP contribution in [0.1, 0.15) is 10.4 Å². The maximum absolute atomic E-state index is 10.9. The molecule has 104 valence electrons. The zero-order valence-corrected chi connectivity index (χ0v) is 9.89. The van der Waals surface area contributed by atoms with Gasteiger partial charge in [0, 0.05) is 6.20 Å². The number of nitrogens with one attached hydrogen (secondary N) is 1. The third kappa shape index (κ3) is 3.95. The van der Waals surface area contributed by atoms with Crippen molar-refractivity contribution >= 4 is 11.7 Å². The Hall–Kier alpha value is -2.09. The van der Waals surface area contributed by atoms with Crippen molar-refractivity contribution in [1.82, 2.24) is 0 Å². The Morgan fingerprint density at radius 1 is 1.26 bits per heavy atom. The molecule has 0 aliphatic heterocycles. The van der Waals surface area contributed by atoms with Crippen LogP contribution in [0.5, 0.6) is 0 Å². The number of carboxylic acids is 1. The Balaban J connectivity index is 2.84. The monoisotopic (exact) mass is 269 g/mol. The molecule has 19 heavy (non-hydrogen) atoms. The van der Waals surface area contributed by atoms with E-state index in [1.54, 1.807) is 12.1 Å². The molecule has 0 heterocycles. The molecule has 0 spiro atoms.